The second-order valence-electron chi connectivity index (χ2n) is 6.98. The van der Waals surface area contributed by atoms with Crippen molar-refractivity contribution in [1.82, 2.24) is 15.5 Å². The number of primary amides is 1. The highest BCUT2D eigenvalue weighted by atomic mass is 16.2. The molecule has 2 heterocycles. The van der Waals surface area contributed by atoms with Gasteiger partial charge in [-0.25, -0.2) is 9.79 Å². The molecular formula is C20H30N6O. The van der Waals surface area contributed by atoms with Gasteiger partial charge < -0.3 is 26.2 Å². The van der Waals surface area contributed by atoms with Crippen LogP contribution in [-0.2, 0) is 6.54 Å². The van der Waals surface area contributed by atoms with Gasteiger partial charge in [-0.15, -0.1) is 0 Å². The van der Waals surface area contributed by atoms with E-state index in [0.29, 0.717) is 25.7 Å². The minimum absolute atomic E-state index is 0.309. The van der Waals surface area contributed by atoms with Gasteiger partial charge >= 0.3 is 6.03 Å². The second-order valence-corrected chi connectivity index (χ2v) is 6.98. The summed E-state index contributed by atoms with van der Waals surface area (Å²) >= 11 is 0. The summed E-state index contributed by atoms with van der Waals surface area (Å²) in [6.07, 6.45) is 6.15. The van der Waals surface area contributed by atoms with Crippen molar-refractivity contribution < 1.29 is 4.79 Å². The topological polar surface area (TPSA) is 86.0 Å². The molecule has 1 fully saturated rings. The molecule has 2 aliphatic rings. The van der Waals surface area contributed by atoms with E-state index >= 15 is 0 Å². The number of piperidine rings is 1. The first-order valence-corrected chi connectivity index (χ1v) is 9.74. The van der Waals surface area contributed by atoms with Gasteiger partial charge in [-0.05, 0) is 37.5 Å². The summed E-state index contributed by atoms with van der Waals surface area (Å²) in [5.74, 6) is 0.822. The smallest absolute Gasteiger partial charge is 0.314 e. The molecule has 3 rings (SSSR count). The zero-order valence-electron chi connectivity index (χ0n) is 16.0. The monoisotopic (exact) mass is 370 g/mol. The molecule has 0 bridgehead atoms. The minimum Gasteiger partial charge on any atom is -0.364 e. The van der Waals surface area contributed by atoms with E-state index in [1.54, 1.807) is 4.90 Å². The van der Waals surface area contributed by atoms with Gasteiger partial charge in [0.1, 0.15) is 0 Å². The molecule has 0 radical (unpaired) electrons. The standard InChI is InChI=1S/C20H30N6O/c1-2-22-20(24-17-9-13-26(14-10-17)19(21)27)23-15-16-5-7-18(8-6-16)25-11-3-4-12-25/h3-8,17H,2,9-15H2,1H3,(H2,21,27)(H2,22,23,24). The van der Waals surface area contributed by atoms with E-state index in [1.165, 1.54) is 11.3 Å². The van der Waals surface area contributed by atoms with Crippen molar-refractivity contribution in [2.75, 3.05) is 37.6 Å². The predicted octanol–water partition coefficient (Wildman–Crippen LogP) is 1.66. The number of anilines is 1. The van der Waals surface area contributed by atoms with Gasteiger partial charge in [0.2, 0.25) is 0 Å². The summed E-state index contributed by atoms with van der Waals surface area (Å²) in [7, 11) is 0. The Bertz CT molecular complexity index is 668. The molecule has 7 heteroatoms. The first kappa shape index (κ1) is 19.1. The summed E-state index contributed by atoms with van der Waals surface area (Å²) in [5.41, 5.74) is 7.78. The molecule has 1 aromatic carbocycles. The van der Waals surface area contributed by atoms with Crippen molar-refractivity contribution in [3.05, 3.63) is 42.0 Å². The van der Waals surface area contributed by atoms with Crippen molar-refractivity contribution in [3.8, 4) is 0 Å². The van der Waals surface area contributed by atoms with E-state index in [9.17, 15) is 4.79 Å². The molecular weight excluding hydrogens is 340 g/mol. The molecule has 4 N–H and O–H groups in total. The SMILES string of the molecule is CCNC(=NCc1ccc(N2CC=CC2)cc1)NC1CCN(C(N)=O)CC1. The number of amides is 2. The fourth-order valence-corrected chi connectivity index (χ4v) is 3.43. The number of rotatable bonds is 5. The Morgan fingerprint density at radius 3 is 2.44 bits per heavy atom. The van der Waals surface area contributed by atoms with Crippen molar-refractivity contribution >= 4 is 17.7 Å². The largest absolute Gasteiger partial charge is 0.364 e. The van der Waals surface area contributed by atoms with E-state index in [-0.39, 0.29) is 6.03 Å². The van der Waals surface area contributed by atoms with Gasteiger partial charge in [0, 0.05) is 44.5 Å². The van der Waals surface area contributed by atoms with Gasteiger partial charge in [0.05, 0.1) is 6.54 Å². The summed E-state index contributed by atoms with van der Waals surface area (Å²) in [6.45, 7) is 6.87. The molecule has 0 aliphatic carbocycles. The Morgan fingerprint density at radius 1 is 1.19 bits per heavy atom. The lowest BCUT2D eigenvalue weighted by molar-refractivity contribution is 0.188. The van der Waals surface area contributed by atoms with Gasteiger partial charge in [-0.3, -0.25) is 0 Å². The number of benzene rings is 1. The summed E-state index contributed by atoms with van der Waals surface area (Å²) in [6, 6.07) is 8.60. The summed E-state index contributed by atoms with van der Waals surface area (Å²) in [4.78, 5) is 20.0. The van der Waals surface area contributed by atoms with E-state index < -0.39 is 0 Å². The first-order chi connectivity index (χ1) is 13.2. The Kier molecular flexibility index (Phi) is 6.57. The van der Waals surface area contributed by atoms with E-state index in [2.05, 4.69) is 58.9 Å². The van der Waals surface area contributed by atoms with Gasteiger partial charge in [0.15, 0.2) is 5.96 Å². The van der Waals surface area contributed by atoms with Crippen LogP contribution >= 0.6 is 0 Å². The quantitative estimate of drug-likeness (QED) is 0.418. The molecule has 0 atom stereocenters. The number of urea groups is 1. The van der Waals surface area contributed by atoms with Crippen LogP contribution in [0.4, 0.5) is 10.5 Å². The van der Waals surface area contributed by atoms with Gasteiger partial charge in [-0.1, -0.05) is 24.3 Å². The molecule has 7 nitrogen and oxygen atoms in total. The second kappa shape index (κ2) is 9.30. The number of guanidine groups is 1. The number of hydrogen-bond acceptors (Lipinski definition) is 3. The van der Waals surface area contributed by atoms with Crippen molar-refractivity contribution in [1.29, 1.82) is 0 Å². The van der Waals surface area contributed by atoms with Crippen molar-refractivity contribution in [3.63, 3.8) is 0 Å². The molecule has 0 saturated carbocycles. The third kappa shape index (κ3) is 5.39. The molecule has 0 unspecified atom stereocenters. The maximum atomic E-state index is 11.2. The fraction of sp³-hybridized carbons (Fsp3) is 0.500. The summed E-state index contributed by atoms with van der Waals surface area (Å²) in [5, 5.41) is 6.79. The lowest BCUT2D eigenvalue weighted by Crippen LogP contribution is -2.50. The van der Waals surface area contributed by atoms with E-state index in [4.69, 9.17) is 10.7 Å². The molecule has 27 heavy (non-hydrogen) atoms. The third-order valence-corrected chi connectivity index (χ3v) is 5.03. The Hall–Kier alpha value is -2.70. The number of hydrogen-bond donors (Lipinski definition) is 3. The zero-order chi connectivity index (χ0) is 19.1. The van der Waals surface area contributed by atoms with Crippen LogP contribution in [-0.4, -0.2) is 55.7 Å². The highest BCUT2D eigenvalue weighted by Crippen LogP contribution is 2.18. The lowest BCUT2D eigenvalue weighted by Gasteiger charge is -2.32. The maximum absolute atomic E-state index is 11.2. The molecule has 0 aromatic heterocycles. The summed E-state index contributed by atoms with van der Waals surface area (Å²) < 4.78 is 0. The van der Waals surface area contributed by atoms with Gasteiger partial charge in [-0.2, -0.15) is 0 Å². The Balaban J connectivity index is 1.53. The number of nitrogens with zero attached hydrogens (tertiary/aromatic N) is 3. The number of carbonyl (C=O) groups excluding carboxylic acids is 1. The van der Waals surface area contributed by atoms with Gasteiger partial charge in [0.25, 0.3) is 0 Å². The number of nitrogens with two attached hydrogens (primary N) is 1. The number of aliphatic imine (C=N–C) groups is 1. The molecule has 2 amide bonds. The average Bonchev–Trinajstić information content (AvgIpc) is 3.22. The van der Waals surface area contributed by atoms with Crippen LogP contribution < -0.4 is 21.3 Å². The van der Waals surface area contributed by atoms with Crippen LogP contribution in [0.25, 0.3) is 0 Å². The van der Waals surface area contributed by atoms with Crippen LogP contribution in [0.1, 0.15) is 25.3 Å². The van der Waals surface area contributed by atoms with E-state index in [0.717, 1.165) is 38.4 Å². The van der Waals surface area contributed by atoms with Crippen LogP contribution in [0, 0.1) is 0 Å². The van der Waals surface area contributed by atoms with Crippen molar-refractivity contribution in [2.45, 2.75) is 32.4 Å². The van der Waals surface area contributed by atoms with Crippen LogP contribution in [0.5, 0.6) is 0 Å². The van der Waals surface area contributed by atoms with Crippen LogP contribution in [0.3, 0.4) is 0 Å². The highest BCUT2D eigenvalue weighted by molar-refractivity contribution is 5.80. The first-order valence-electron chi connectivity index (χ1n) is 9.74. The number of nitrogens with one attached hydrogen (secondary N) is 2. The predicted molar refractivity (Wildman–Crippen MR) is 110 cm³/mol. The van der Waals surface area contributed by atoms with Crippen LogP contribution in [0.15, 0.2) is 41.4 Å². The molecule has 1 aromatic rings. The Morgan fingerprint density at radius 2 is 1.85 bits per heavy atom. The molecule has 0 spiro atoms. The van der Waals surface area contributed by atoms with Crippen LogP contribution in [0.2, 0.25) is 0 Å². The maximum Gasteiger partial charge on any atom is 0.314 e. The lowest BCUT2D eigenvalue weighted by atomic mass is 10.1. The molecule has 2 aliphatic heterocycles. The molecule has 146 valence electrons. The third-order valence-electron chi connectivity index (χ3n) is 5.03. The van der Waals surface area contributed by atoms with E-state index in [1.807, 2.05) is 0 Å². The zero-order valence-corrected chi connectivity index (χ0v) is 16.0. The molecule has 1 saturated heterocycles. The average molecular weight is 371 g/mol. The van der Waals surface area contributed by atoms with Crippen molar-refractivity contribution in [2.24, 2.45) is 10.7 Å². The Labute approximate surface area is 161 Å². The number of carbonyl (C=O) groups is 1. The fourth-order valence-electron chi connectivity index (χ4n) is 3.43. The minimum atomic E-state index is -0.331. The normalized spacial score (nSPS) is 18.0. The highest BCUT2D eigenvalue weighted by Gasteiger charge is 2.21. The number of likely N-dealkylation sites (tertiary alicyclic amines) is 1.